The van der Waals surface area contributed by atoms with Gasteiger partial charge in [-0.2, -0.15) is 0 Å². The van der Waals surface area contributed by atoms with E-state index in [-0.39, 0.29) is 5.91 Å². The third-order valence-electron chi connectivity index (χ3n) is 3.23. The van der Waals surface area contributed by atoms with Crippen LogP contribution in [-0.2, 0) is 4.79 Å². The first kappa shape index (κ1) is 9.93. The summed E-state index contributed by atoms with van der Waals surface area (Å²) in [5, 5.41) is 2.85. The Morgan fingerprint density at radius 3 is 2.64 bits per heavy atom. The quantitative estimate of drug-likeness (QED) is 0.663. The molecule has 14 heavy (non-hydrogen) atoms. The van der Waals surface area contributed by atoms with Gasteiger partial charge in [-0.15, -0.1) is 0 Å². The summed E-state index contributed by atoms with van der Waals surface area (Å²) in [4.78, 5) is 16.1. The molecule has 3 aliphatic rings. The molecule has 2 atom stereocenters. The number of piperidine rings is 1. The molecule has 2 bridgehead atoms. The standard InChI is InChI=1S/C10H19N3O/c1-3-11-10(14)7-13-8-4-9(13)6-12(2)5-8/h8-9H,3-7H2,1-2H3,(H,11,14). The van der Waals surface area contributed by atoms with Crippen molar-refractivity contribution in [3.63, 3.8) is 0 Å². The third kappa shape index (κ3) is 1.77. The molecule has 1 N–H and O–H groups in total. The molecule has 0 radical (unpaired) electrons. The fraction of sp³-hybridized carbons (Fsp3) is 0.900. The number of fused-ring (bicyclic) bond motifs is 2. The van der Waals surface area contributed by atoms with Crippen LogP contribution in [-0.4, -0.2) is 61.0 Å². The molecule has 3 aliphatic heterocycles. The number of carbonyl (C=O) groups excluding carboxylic acids is 1. The van der Waals surface area contributed by atoms with Crippen LogP contribution in [0.1, 0.15) is 13.3 Å². The van der Waals surface area contributed by atoms with Gasteiger partial charge in [-0.3, -0.25) is 9.69 Å². The van der Waals surface area contributed by atoms with Crippen LogP contribution in [0.5, 0.6) is 0 Å². The summed E-state index contributed by atoms with van der Waals surface area (Å²) < 4.78 is 0. The van der Waals surface area contributed by atoms with Gasteiger partial charge in [0.25, 0.3) is 0 Å². The summed E-state index contributed by atoms with van der Waals surface area (Å²) >= 11 is 0. The molecule has 2 unspecified atom stereocenters. The van der Waals surface area contributed by atoms with Gasteiger partial charge in [0.05, 0.1) is 6.54 Å². The Bertz CT molecular complexity index is 219. The van der Waals surface area contributed by atoms with Crippen molar-refractivity contribution < 1.29 is 4.79 Å². The Morgan fingerprint density at radius 1 is 1.43 bits per heavy atom. The van der Waals surface area contributed by atoms with Gasteiger partial charge < -0.3 is 10.2 Å². The van der Waals surface area contributed by atoms with E-state index in [1.807, 2.05) is 6.92 Å². The lowest BCUT2D eigenvalue weighted by molar-refractivity contribution is -0.130. The normalized spacial score (nSPS) is 32.4. The van der Waals surface area contributed by atoms with Crippen LogP contribution in [0.2, 0.25) is 0 Å². The third-order valence-corrected chi connectivity index (χ3v) is 3.23. The summed E-state index contributed by atoms with van der Waals surface area (Å²) in [7, 11) is 2.16. The van der Waals surface area contributed by atoms with Crippen LogP contribution in [0.3, 0.4) is 0 Å². The topological polar surface area (TPSA) is 35.6 Å². The molecule has 0 spiro atoms. The first-order valence-corrected chi connectivity index (χ1v) is 5.41. The number of nitrogens with zero attached hydrogens (tertiary/aromatic N) is 2. The van der Waals surface area contributed by atoms with Crippen molar-refractivity contribution in [2.45, 2.75) is 25.4 Å². The number of piperazine rings is 1. The Labute approximate surface area is 85.2 Å². The fourth-order valence-corrected chi connectivity index (χ4v) is 2.58. The van der Waals surface area contributed by atoms with Crippen molar-refractivity contribution in [3.8, 4) is 0 Å². The van der Waals surface area contributed by atoms with Crippen molar-refractivity contribution in [2.24, 2.45) is 0 Å². The lowest BCUT2D eigenvalue weighted by Gasteiger charge is -2.55. The van der Waals surface area contributed by atoms with Crippen LogP contribution >= 0.6 is 0 Å². The van der Waals surface area contributed by atoms with E-state index in [0.29, 0.717) is 18.6 Å². The number of likely N-dealkylation sites (N-methyl/N-ethyl adjacent to an activating group) is 2. The first-order chi connectivity index (χ1) is 6.70. The lowest BCUT2D eigenvalue weighted by Crippen LogP contribution is -2.69. The zero-order valence-electron chi connectivity index (χ0n) is 8.99. The summed E-state index contributed by atoms with van der Waals surface area (Å²) in [6, 6.07) is 1.25. The average Bonchev–Trinajstić information content (AvgIpc) is 2.14. The zero-order valence-corrected chi connectivity index (χ0v) is 8.99. The number of carbonyl (C=O) groups is 1. The Kier molecular flexibility index (Phi) is 2.74. The van der Waals surface area contributed by atoms with Gasteiger partial charge in [-0.25, -0.2) is 0 Å². The average molecular weight is 197 g/mol. The maximum atomic E-state index is 11.4. The molecule has 0 saturated carbocycles. The number of hydrogen-bond donors (Lipinski definition) is 1. The highest BCUT2D eigenvalue weighted by atomic mass is 16.2. The van der Waals surface area contributed by atoms with Crippen molar-refractivity contribution in [3.05, 3.63) is 0 Å². The second kappa shape index (κ2) is 3.87. The van der Waals surface area contributed by atoms with Crippen LogP contribution in [0, 0.1) is 0 Å². The highest BCUT2D eigenvalue weighted by molar-refractivity contribution is 5.78. The molecule has 4 nitrogen and oxygen atoms in total. The summed E-state index contributed by atoms with van der Waals surface area (Å²) in [6.07, 6.45) is 1.28. The molecule has 0 aromatic rings. The highest BCUT2D eigenvalue weighted by Crippen LogP contribution is 2.30. The maximum Gasteiger partial charge on any atom is 0.234 e. The van der Waals surface area contributed by atoms with Gasteiger partial charge in [-0.1, -0.05) is 0 Å². The number of hydrogen-bond acceptors (Lipinski definition) is 3. The van der Waals surface area contributed by atoms with Gasteiger partial charge in [0.15, 0.2) is 0 Å². The van der Waals surface area contributed by atoms with Crippen molar-refractivity contribution in [2.75, 3.05) is 33.2 Å². The molecule has 3 saturated heterocycles. The van der Waals surface area contributed by atoms with Crippen LogP contribution in [0.4, 0.5) is 0 Å². The molecular formula is C10H19N3O. The summed E-state index contributed by atoms with van der Waals surface area (Å²) in [6.45, 7) is 5.54. The first-order valence-electron chi connectivity index (χ1n) is 5.41. The van der Waals surface area contributed by atoms with E-state index in [9.17, 15) is 4.79 Å². The Hall–Kier alpha value is -0.610. The predicted octanol–water partition coefficient (Wildman–Crippen LogP) is -0.489. The van der Waals surface area contributed by atoms with Gasteiger partial charge in [0.1, 0.15) is 0 Å². The van der Waals surface area contributed by atoms with Crippen LogP contribution in [0.25, 0.3) is 0 Å². The Balaban J connectivity index is 1.81. The molecule has 0 aliphatic carbocycles. The minimum absolute atomic E-state index is 0.173. The van der Waals surface area contributed by atoms with Gasteiger partial charge in [0, 0.05) is 31.7 Å². The second-order valence-corrected chi connectivity index (χ2v) is 4.39. The second-order valence-electron chi connectivity index (χ2n) is 4.39. The minimum Gasteiger partial charge on any atom is -0.355 e. The van der Waals surface area contributed by atoms with E-state index in [4.69, 9.17) is 0 Å². The van der Waals surface area contributed by atoms with E-state index in [0.717, 1.165) is 19.6 Å². The smallest absolute Gasteiger partial charge is 0.234 e. The lowest BCUT2D eigenvalue weighted by atomic mass is 9.88. The van der Waals surface area contributed by atoms with Crippen molar-refractivity contribution in [1.82, 2.24) is 15.1 Å². The molecule has 3 rings (SSSR count). The molecule has 3 heterocycles. The van der Waals surface area contributed by atoms with Crippen LogP contribution < -0.4 is 5.32 Å². The maximum absolute atomic E-state index is 11.4. The Morgan fingerprint density at radius 2 is 2.07 bits per heavy atom. The monoisotopic (exact) mass is 197 g/mol. The molecule has 0 aromatic heterocycles. The molecule has 80 valence electrons. The van der Waals surface area contributed by atoms with E-state index in [1.54, 1.807) is 0 Å². The van der Waals surface area contributed by atoms with Crippen molar-refractivity contribution in [1.29, 1.82) is 0 Å². The summed E-state index contributed by atoms with van der Waals surface area (Å²) in [5.41, 5.74) is 0. The SMILES string of the molecule is CCNC(=O)CN1C2CC1CN(C)C2. The van der Waals surface area contributed by atoms with E-state index in [1.165, 1.54) is 6.42 Å². The largest absolute Gasteiger partial charge is 0.355 e. The summed E-state index contributed by atoms with van der Waals surface area (Å²) in [5.74, 6) is 0.173. The van der Waals surface area contributed by atoms with E-state index in [2.05, 4.69) is 22.2 Å². The zero-order chi connectivity index (χ0) is 10.1. The molecule has 4 heteroatoms. The molecule has 3 fully saturated rings. The van der Waals surface area contributed by atoms with Crippen molar-refractivity contribution >= 4 is 5.91 Å². The highest BCUT2D eigenvalue weighted by Gasteiger charge is 2.43. The fourth-order valence-electron chi connectivity index (χ4n) is 2.58. The van der Waals surface area contributed by atoms with Gasteiger partial charge >= 0.3 is 0 Å². The molecular weight excluding hydrogens is 178 g/mol. The van der Waals surface area contributed by atoms with Crippen LogP contribution in [0.15, 0.2) is 0 Å². The number of amides is 1. The predicted molar refractivity (Wildman–Crippen MR) is 55.1 cm³/mol. The van der Waals surface area contributed by atoms with Gasteiger partial charge in [-0.05, 0) is 20.4 Å². The minimum atomic E-state index is 0.173. The number of rotatable bonds is 3. The molecule has 1 amide bonds. The number of nitrogens with one attached hydrogen (secondary N) is 1. The van der Waals surface area contributed by atoms with E-state index >= 15 is 0 Å². The van der Waals surface area contributed by atoms with E-state index < -0.39 is 0 Å². The molecule has 0 aromatic carbocycles. The van der Waals surface area contributed by atoms with Gasteiger partial charge in [0.2, 0.25) is 5.91 Å².